The molecule has 6 aromatic rings. The highest BCUT2D eigenvalue weighted by molar-refractivity contribution is 8.13. The van der Waals surface area contributed by atoms with E-state index in [9.17, 15) is 36.3 Å². The van der Waals surface area contributed by atoms with Crippen LogP contribution in [-0.2, 0) is 93.1 Å². The SMILES string of the molecule is C.CCNC(=O)Nc1ccc(-c2nc(N3CCOC[C@@H]3C)c3c(n2)C(C)(CCN2CCOCC2)OC3)cc1.CCNC(=O)Nc1ccc(-c2nc(N3CCOC[C@@H]3C)c3c(n2)C(C)(CCO)OC3)cc1.CCNC(=O)Nc1ccc(-c2nc(N3CCOC[C@@H]3C)c3c(n2)C(C)(CCOS(C)(=O)=O)OC3)cc1.CS(=O)(=O)Cl. The van der Waals surface area contributed by atoms with Gasteiger partial charge >= 0.3 is 18.1 Å². The Bertz CT molecular complexity index is 4360. The second kappa shape index (κ2) is 39.1. The van der Waals surface area contributed by atoms with Crippen molar-refractivity contribution in [3.8, 4) is 34.2 Å². The zero-order valence-corrected chi connectivity index (χ0v) is 67.0. The van der Waals surface area contributed by atoms with E-state index in [1.807, 2.05) is 95.3 Å². The molecule has 4 fully saturated rings. The van der Waals surface area contributed by atoms with Crippen LogP contribution in [0.25, 0.3) is 34.2 Å². The minimum Gasteiger partial charge on any atom is -0.396 e. The van der Waals surface area contributed by atoms with Crippen molar-refractivity contribution in [3.63, 3.8) is 0 Å². The number of benzene rings is 3. The van der Waals surface area contributed by atoms with Crippen LogP contribution in [-0.4, -0.2) is 230 Å². The zero-order chi connectivity index (χ0) is 79.0. The number of carbonyl (C=O) groups is 3. The first-order valence-electron chi connectivity index (χ1n) is 37.3. The number of fused-ring (bicyclic) bond motifs is 3. The predicted octanol–water partition coefficient (Wildman–Crippen LogP) is 9.06. The standard InChI is InChI=1S/C27H38N6O4.C24H33N5O6S.C23H31N5O4.CH3ClO2S.CH4/c1-4-28-26(34)29-21-7-5-20(6-8-21)24-30-23-22(25(31-24)33-13-16-36-17-19(33)2)18-37-27(23,3)9-10-32-11-14-35-15-12-32;1-5-25-23(30)26-18-8-6-17(7-9-18)21-27-20-19(22(28-21)29-11-13-33-14-16(29)2)15-34-24(20,3)10-12-35-36(4,31)32;1-4-24-22(30)25-17-7-5-16(6-8-17)20-26-19-18(14-32-23(19,3)9-11-29)21(27-20)28-10-12-31-13-15(28)2;1-5(2,3)4;/h5-8,19H,4,9-18H2,1-3H3,(H2,28,29,34);6-9,16H,5,10-15H2,1-4H3,(H2,25,26,30);5-8,15,29H,4,9-14H2,1-3H3,(H2,24,25,30);1H3;1H4/t19-,27?;16-,24?;15-,23?;;/m000../s1. The van der Waals surface area contributed by atoms with Crippen LogP contribution in [0.1, 0.15) is 123 Å². The normalized spacial score (nSPS) is 22.1. The van der Waals surface area contributed by atoms with Gasteiger partial charge < -0.3 is 84.9 Å². The molecule has 7 N–H and O–H groups in total. The quantitative estimate of drug-likeness (QED) is 0.0261. The summed E-state index contributed by atoms with van der Waals surface area (Å²) in [5.74, 6) is 4.38. The highest BCUT2D eigenvalue weighted by atomic mass is 35.7. The largest absolute Gasteiger partial charge is 0.396 e. The third-order valence-corrected chi connectivity index (χ3v) is 20.3. The molecular formula is C76H109ClN16O16S2. The third-order valence-electron chi connectivity index (χ3n) is 19.7. The van der Waals surface area contributed by atoms with Gasteiger partial charge in [-0.15, -0.1) is 0 Å². The number of halogens is 1. The molecule has 3 aromatic heterocycles. The number of hydrogen-bond acceptors (Lipinski definition) is 26. The van der Waals surface area contributed by atoms with Crippen LogP contribution in [0, 0.1) is 0 Å². The van der Waals surface area contributed by atoms with Crippen molar-refractivity contribution in [2.75, 3.05) is 168 Å². The summed E-state index contributed by atoms with van der Waals surface area (Å²) in [5.41, 5.74) is 8.08. The maximum absolute atomic E-state index is 11.9. The molecule has 10 heterocycles. The number of aliphatic hydroxyl groups excluding tert-OH is 1. The third kappa shape index (κ3) is 23.1. The van der Waals surface area contributed by atoms with Gasteiger partial charge in [0.25, 0.3) is 10.1 Å². The molecule has 7 aliphatic rings. The Morgan fingerprint density at radius 1 is 0.495 bits per heavy atom. The lowest BCUT2D eigenvalue weighted by molar-refractivity contribution is -0.0442. The van der Waals surface area contributed by atoms with Crippen molar-refractivity contribution >= 4 is 82.5 Å². The summed E-state index contributed by atoms with van der Waals surface area (Å²) >= 11 is 0. The van der Waals surface area contributed by atoms with E-state index in [-0.39, 0.29) is 56.9 Å². The molecule has 0 aliphatic carbocycles. The van der Waals surface area contributed by atoms with E-state index < -0.39 is 36.0 Å². The predicted molar refractivity (Wildman–Crippen MR) is 426 cm³/mol. The topological polar surface area (TPSA) is 376 Å². The van der Waals surface area contributed by atoms with Crippen LogP contribution in [0.15, 0.2) is 72.8 Å². The lowest BCUT2D eigenvalue weighted by Gasteiger charge is -2.35. The number of amides is 6. The molecule has 608 valence electrons. The second-order valence-corrected chi connectivity index (χ2v) is 33.0. The Kier molecular flexibility index (Phi) is 30.6. The molecule has 6 amide bonds. The van der Waals surface area contributed by atoms with Crippen molar-refractivity contribution in [3.05, 3.63) is 107 Å². The number of anilines is 6. The number of aromatic nitrogens is 6. The molecule has 3 aromatic carbocycles. The number of urea groups is 3. The van der Waals surface area contributed by atoms with Gasteiger partial charge in [-0.1, -0.05) is 7.43 Å². The fraction of sp³-hybridized carbons (Fsp3) is 0.566. The van der Waals surface area contributed by atoms with Gasteiger partial charge in [0.15, 0.2) is 17.5 Å². The Labute approximate surface area is 656 Å². The maximum Gasteiger partial charge on any atom is 0.319 e. The van der Waals surface area contributed by atoms with E-state index >= 15 is 0 Å². The lowest BCUT2D eigenvalue weighted by Crippen LogP contribution is -2.44. The van der Waals surface area contributed by atoms with Gasteiger partial charge in [-0.25, -0.2) is 52.7 Å². The Morgan fingerprint density at radius 2 is 0.802 bits per heavy atom. The van der Waals surface area contributed by atoms with E-state index in [1.54, 1.807) is 12.1 Å². The van der Waals surface area contributed by atoms with Crippen LogP contribution in [0.4, 0.5) is 48.9 Å². The number of nitrogens with zero attached hydrogens (tertiary/aromatic N) is 10. The molecule has 32 nitrogen and oxygen atoms in total. The van der Waals surface area contributed by atoms with E-state index in [1.165, 1.54) is 0 Å². The number of ether oxygens (including phenoxy) is 7. The summed E-state index contributed by atoms with van der Waals surface area (Å²) in [7, 11) is -2.26. The zero-order valence-electron chi connectivity index (χ0n) is 64.6. The summed E-state index contributed by atoms with van der Waals surface area (Å²) < 4.78 is 88.0. The van der Waals surface area contributed by atoms with Gasteiger partial charge in [0.1, 0.15) is 34.3 Å². The molecule has 6 atom stereocenters. The highest BCUT2D eigenvalue weighted by Gasteiger charge is 2.45. The first-order chi connectivity index (χ1) is 52.5. The summed E-state index contributed by atoms with van der Waals surface area (Å²) in [6, 6.07) is 22.2. The molecule has 3 unspecified atom stereocenters. The number of hydrogen-bond donors (Lipinski definition) is 7. The van der Waals surface area contributed by atoms with E-state index in [0.717, 1.165) is 138 Å². The van der Waals surface area contributed by atoms with Crippen molar-refractivity contribution in [1.82, 2.24) is 50.8 Å². The molecule has 35 heteroatoms. The summed E-state index contributed by atoms with van der Waals surface area (Å²) in [5, 5.41) is 26.2. The monoisotopic (exact) mass is 1600 g/mol. The lowest BCUT2D eigenvalue weighted by atomic mass is 9.95. The minimum absolute atomic E-state index is 0. The van der Waals surface area contributed by atoms with Gasteiger partial charge in [0.05, 0.1) is 127 Å². The van der Waals surface area contributed by atoms with E-state index in [0.29, 0.717) is 127 Å². The van der Waals surface area contributed by atoms with Gasteiger partial charge in [-0.05, 0) is 142 Å². The molecule has 0 spiro atoms. The molecule has 4 saturated heterocycles. The second-order valence-electron chi connectivity index (χ2n) is 28.3. The first-order valence-corrected chi connectivity index (χ1v) is 41.8. The summed E-state index contributed by atoms with van der Waals surface area (Å²) in [4.78, 5) is 74.6. The maximum atomic E-state index is 11.9. The van der Waals surface area contributed by atoms with Crippen LogP contribution < -0.4 is 46.6 Å². The van der Waals surface area contributed by atoms with Gasteiger partial charge in [-0.2, -0.15) is 8.42 Å². The Morgan fingerprint density at radius 3 is 1.10 bits per heavy atom. The number of aliphatic hydroxyl groups is 1. The fourth-order valence-electron chi connectivity index (χ4n) is 13.7. The number of rotatable bonds is 21. The van der Waals surface area contributed by atoms with Gasteiger partial charge in [0.2, 0.25) is 9.05 Å². The van der Waals surface area contributed by atoms with E-state index in [4.69, 9.17) is 67.2 Å². The highest BCUT2D eigenvalue weighted by Crippen LogP contribution is 2.46. The minimum atomic E-state index is -3.57. The average molecular weight is 1600 g/mol. The smallest absolute Gasteiger partial charge is 0.319 e. The molecule has 0 saturated carbocycles. The van der Waals surface area contributed by atoms with Crippen molar-refractivity contribution in [2.24, 2.45) is 0 Å². The number of nitrogens with one attached hydrogen (secondary N) is 6. The summed E-state index contributed by atoms with van der Waals surface area (Å²) in [6.07, 6.45) is 3.58. The Balaban J connectivity index is 0.000000185. The molecule has 111 heavy (non-hydrogen) atoms. The molecular weight excluding hydrogens is 1490 g/mol. The first kappa shape index (κ1) is 86.9. The Hall–Kier alpha value is -8.10. The van der Waals surface area contributed by atoms with Crippen LogP contribution in [0.5, 0.6) is 0 Å². The van der Waals surface area contributed by atoms with Crippen molar-refractivity contribution in [2.45, 2.75) is 144 Å². The molecule has 0 radical (unpaired) electrons. The molecule has 0 bridgehead atoms. The van der Waals surface area contributed by atoms with Gasteiger partial charge in [-0.3, -0.25) is 9.08 Å². The van der Waals surface area contributed by atoms with Crippen LogP contribution >= 0.6 is 10.7 Å². The van der Waals surface area contributed by atoms with Crippen LogP contribution in [0.2, 0.25) is 0 Å². The fourth-order valence-corrected chi connectivity index (χ4v) is 14.1. The molecule has 7 aliphatic heterocycles. The number of morpholine rings is 4. The molecule has 13 rings (SSSR count). The van der Waals surface area contributed by atoms with Gasteiger partial charge in [0, 0.05) is 139 Å². The number of carbonyl (C=O) groups excluding carboxylic acids is 3. The van der Waals surface area contributed by atoms with E-state index in [2.05, 4.69) is 89.9 Å². The van der Waals surface area contributed by atoms with Crippen LogP contribution in [0.3, 0.4) is 0 Å². The average Bonchev–Trinajstić information content (AvgIpc) is 1.64. The van der Waals surface area contributed by atoms with Crippen molar-refractivity contribution in [1.29, 1.82) is 0 Å². The summed E-state index contributed by atoms with van der Waals surface area (Å²) in [6.45, 7) is 31.3. The van der Waals surface area contributed by atoms with Crippen molar-refractivity contribution < 1.29 is 73.7 Å².